The highest BCUT2D eigenvalue weighted by Crippen LogP contribution is 2.40. The number of benzene rings is 1. The molecule has 0 radical (unpaired) electrons. The minimum absolute atomic E-state index is 0.565. The standard InChI is InChI=1S/C13H12BrClO/c14-10-2-1-8(5-10)13-7-9-6-11(15)3-4-12(9)16-13/h3-4,6-8,10H,1-2,5H2. The first-order valence-electron chi connectivity index (χ1n) is 5.55. The van der Waals surface area contributed by atoms with Gasteiger partial charge in [-0.15, -0.1) is 0 Å². The highest BCUT2D eigenvalue weighted by atomic mass is 79.9. The molecule has 1 aliphatic carbocycles. The van der Waals surface area contributed by atoms with Crippen LogP contribution in [0.2, 0.25) is 5.02 Å². The van der Waals surface area contributed by atoms with E-state index in [1.807, 2.05) is 18.2 Å². The fraction of sp³-hybridized carbons (Fsp3) is 0.385. The lowest BCUT2D eigenvalue weighted by atomic mass is 10.1. The topological polar surface area (TPSA) is 13.1 Å². The van der Waals surface area contributed by atoms with E-state index in [4.69, 9.17) is 16.0 Å². The van der Waals surface area contributed by atoms with E-state index in [-0.39, 0.29) is 0 Å². The van der Waals surface area contributed by atoms with E-state index in [1.54, 1.807) is 0 Å². The highest BCUT2D eigenvalue weighted by molar-refractivity contribution is 9.09. The molecule has 1 aromatic carbocycles. The van der Waals surface area contributed by atoms with Crippen LogP contribution in [0.25, 0.3) is 11.0 Å². The summed E-state index contributed by atoms with van der Waals surface area (Å²) in [4.78, 5) is 0.648. The smallest absolute Gasteiger partial charge is 0.134 e. The van der Waals surface area contributed by atoms with Gasteiger partial charge in [-0.05, 0) is 43.5 Å². The Kier molecular flexibility index (Phi) is 2.72. The quantitative estimate of drug-likeness (QED) is 0.666. The summed E-state index contributed by atoms with van der Waals surface area (Å²) >= 11 is 9.63. The van der Waals surface area contributed by atoms with Gasteiger partial charge in [0, 0.05) is 21.2 Å². The van der Waals surface area contributed by atoms with E-state index in [0.29, 0.717) is 10.7 Å². The molecular weight excluding hydrogens is 287 g/mol. The first kappa shape index (κ1) is 10.7. The van der Waals surface area contributed by atoms with Crippen LogP contribution in [-0.4, -0.2) is 4.83 Å². The first-order valence-corrected chi connectivity index (χ1v) is 6.85. The maximum absolute atomic E-state index is 5.96. The van der Waals surface area contributed by atoms with Crippen molar-refractivity contribution in [2.45, 2.75) is 30.0 Å². The van der Waals surface area contributed by atoms with Gasteiger partial charge >= 0.3 is 0 Å². The number of alkyl halides is 1. The molecule has 0 saturated heterocycles. The molecule has 2 aromatic rings. The molecule has 1 aromatic heterocycles. The van der Waals surface area contributed by atoms with Crippen LogP contribution in [0, 0.1) is 0 Å². The molecule has 2 unspecified atom stereocenters. The van der Waals surface area contributed by atoms with Crippen LogP contribution in [-0.2, 0) is 0 Å². The van der Waals surface area contributed by atoms with Crippen molar-refractivity contribution < 1.29 is 4.42 Å². The van der Waals surface area contributed by atoms with Crippen molar-refractivity contribution in [1.82, 2.24) is 0 Å². The molecule has 0 amide bonds. The highest BCUT2D eigenvalue weighted by Gasteiger charge is 2.26. The van der Waals surface area contributed by atoms with Crippen LogP contribution in [0.3, 0.4) is 0 Å². The van der Waals surface area contributed by atoms with E-state index < -0.39 is 0 Å². The van der Waals surface area contributed by atoms with Gasteiger partial charge in [-0.3, -0.25) is 0 Å². The molecule has 84 valence electrons. The van der Waals surface area contributed by atoms with Crippen molar-refractivity contribution in [2.75, 3.05) is 0 Å². The Morgan fingerprint density at radius 1 is 1.25 bits per heavy atom. The van der Waals surface area contributed by atoms with Gasteiger partial charge in [0.15, 0.2) is 0 Å². The lowest BCUT2D eigenvalue weighted by molar-refractivity contribution is 0.495. The van der Waals surface area contributed by atoms with Crippen molar-refractivity contribution in [2.24, 2.45) is 0 Å². The molecule has 0 spiro atoms. The lowest BCUT2D eigenvalue weighted by Crippen LogP contribution is -1.91. The van der Waals surface area contributed by atoms with Crippen LogP contribution in [0.4, 0.5) is 0 Å². The minimum atomic E-state index is 0.565. The summed E-state index contributed by atoms with van der Waals surface area (Å²) in [5.74, 6) is 1.68. The summed E-state index contributed by atoms with van der Waals surface area (Å²) in [6.45, 7) is 0. The molecule has 3 heteroatoms. The molecule has 1 aliphatic rings. The summed E-state index contributed by atoms with van der Waals surface area (Å²) in [6.07, 6.45) is 3.62. The van der Waals surface area contributed by atoms with E-state index in [9.17, 15) is 0 Å². The van der Waals surface area contributed by atoms with E-state index >= 15 is 0 Å². The van der Waals surface area contributed by atoms with Gasteiger partial charge in [-0.1, -0.05) is 27.5 Å². The summed E-state index contributed by atoms with van der Waals surface area (Å²) in [6, 6.07) is 7.92. The van der Waals surface area contributed by atoms with Crippen LogP contribution in [0.5, 0.6) is 0 Å². The molecule has 0 N–H and O–H groups in total. The third-order valence-corrected chi connectivity index (χ3v) is 4.34. The molecule has 16 heavy (non-hydrogen) atoms. The van der Waals surface area contributed by atoms with E-state index in [2.05, 4.69) is 22.0 Å². The zero-order valence-corrected chi connectivity index (χ0v) is 11.1. The maximum atomic E-state index is 5.96. The zero-order valence-electron chi connectivity index (χ0n) is 8.75. The second-order valence-electron chi connectivity index (χ2n) is 4.44. The fourth-order valence-electron chi connectivity index (χ4n) is 2.42. The molecule has 3 rings (SSSR count). The van der Waals surface area contributed by atoms with Crippen molar-refractivity contribution in [3.05, 3.63) is 35.0 Å². The van der Waals surface area contributed by atoms with E-state index in [0.717, 1.165) is 21.8 Å². The zero-order chi connectivity index (χ0) is 11.1. The third-order valence-electron chi connectivity index (χ3n) is 3.27. The second-order valence-corrected chi connectivity index (χ2v) is 6.17. The molecular formula is C13H12BrClO. The summed E-state index contributed by atoms with van der Waals surface area (Å²) in [5.41, 5.74) is 0.942. The van der Waals surface area contributed by atoms with Gasteiger partial charge in [0.2, 0.25) is 0 Å². The Labute approximate surface area is 108 Å². The Hall–Kier alpha value is -0.470. The number of hydrogen-bond acceptors (Lipinski definition) is 1. The average molecular weight is 300 g/mol. The molecule has 1 fully saturated rings. The summed E-state index contributed by atoms with van der Waals surface area (Å²) < 4.78 is 5.88. The minimum Gasteiger partial charge on any atom is -0.461 e. The van der Waals surface area contributed by atoms with Crippen LogP contribution >= 0.6 is 27.5 Å². The van der Waals surface area contributed by atoms with E-state index in [1.165, 1.54) is 19.3 Å². The Balaban J connectivity index is 1.99. The molecule has 1 heterocycles. The van der Waals surface area contributed by atoms with Crippen molar-refractivity contribution in [3.8, 4) is 0 Å². The van der Waals surface area contributed by atoms with Crippen LogP contribution < -0.4 is 0 Å². The van der Waals surface area contributed by atoms with Gasteiger partial charge in [0.1, 0.15) is 11.3 Å². The fourth-order valence-corrected chi connectivity index (χ4v) is 3.32. The van der Waals surface area contributed by atoms with Gasteiger partial charge in [-0.25, -0.2) is 0 Å². The van der Waals surface area contributed by atoms with Crippen LogP contribution in [0.1, 0.15) is 30.9 Å². The van der Waals surface area contributed by atoms with Gasteiger partial charge in [-0.2, -0.15) is 0 Å². The first-order chi connectivity index (χ1) is 7.72. The number of furan rings is 1. The van der Waals surface area contributed by atoms with Gasteiger partial charge in [0.05, 0.1) is 0 Å². The third kappa shape index (κ3) is 1.89. The summed E-state index contributed by atoms with van der Waals surface area (Å²) in [7, 11) is 0. The van der Waals surface area contributed by atoms with Crippen molar-refractivity contribution in [3.63, 3.8) is 0 Å². The number of hydrogen-bond donors (Lipinski definition) is 0. The van der Waals surface area contributed by atoms with Gasteiger partial charge in [0.25, 0.3) is 0 Å². The SMILES string of the molecule is Clc1ccc2oc(C3CCC(Br)C3)cc2c1. The van der Waals surface area contributed by atoms with Gasteiger partial charge < -0.3 is 4.42 Å². The molecule has 0 bridgehead atoms. The second kappa shape index (κ2) is 4.08. The maximum Gasteiger partial charge on any atom is 0.134 e. The Morgan fingerprint density at radius 3 is 2.88 bits per heavy atom. The lowest BCUT2D eigenvalue weighted by Gasteiger charge is -2.03. The van der Waals surface area contributed by atoms with Crippen molar-refractivity contribution >= 4 is 38.5 Å². The Bertz CT molecular complexity index is 520. The molecule has 1 nitrogen and oxygen atoms in total. The van der Waals surface area contributed by atoms with Crippen molar-refractivity contribution in [1.29, 1.82) is 0 Å². The number of rotatable bonds is 1. The Morgan fingerprint density at radius 2 is 2.12 bits per heavy atom. The average Bonchev–Trinajstić information content (AvgIpc) is 2.83. The monoisotopic (exact) mass is 298 g/mol. The predicted octanol–water partition coefficient (Wildman–Crippen LogP) is 5.12. The molecule has 1 saturated carbocycles. The number of fused-ring (bicyclic) bond motifs is 1. The molecule has 2 atom stereocenters. The normalized spacial score (nSPS) is 25.4. The van der Waals surface area contributed by atoms with Crippen LogP contribution in [0.15, 0.2) is 28.7 Å². The molecule has 0 aliphatic heterocycles. The number of halogens is 2. The predicted molar refractivity (Wildman–Crippen MR) is 70.5 cm³/mol. The largest absolute Gasteiger partial charge is 0.461 e. The summed E-state index contributed by atoms with van der Waals surface area (Å²) in [5, 5.41) is 1.88.